The van der Waals surface area contributed by atoms with E-state index in [0.717, 1.165) is 0 Å². The molecule has 2 aliphatic rings. The molecule has 0 saturated heterocycles. The molecule has 280 valence electrons. The first-order chi connectivity index (χ1) is 22.8. The van der Waals surface area contributed by atoms with Gasteiger partial charge in [-0.1, -0.05) is 0 Å². The molecule has 0 unspecified atom stereocenters. The zero-order valence-electron chi connectivity index (χ0n) is 29.2. The zero-order chi connectivity index (χ0) is 37.1. The third-order valence-corrected chi connectivity index (χ3v) is 6.35. The second-order valence-electron chi connectivity index (χ2n) is 12.7. The van der Waals surface area contributed by atoms with Crippen LogP contribution in [0.4, 0.5) is 0 Å². The Morgan fingerprint density at radius 3 is 1.66 bits per heavy atom. The largest absolute Gasteiger partial charge is 0.506 e. The van der Waals surface area contributed by atoms with E-state index in [1.807, 2.05) is 0 Å². The van der Waals surface area contributed by atoms with Gasteiger partial charge in [-0.25, -0.2) is 4.79 Å². The second-order valence-corrected chi connectivity index (χ2v) is 12.7. The Morgan fingerprint density at radius 2 is 1.24 bits per heavy atom. The maximum Gasteiger partial charge on any atom is 0.347 e. The van der Waals surface area contributed by atoms with Crippen LogP contribution in [-0.2, 0) is 59.3 Å². The lowest BCUT2D eigenvalue weighted by molar-refractivity contribution is -0.154. The first-order valence-corrected chi connectivity index (χ1v) is 15.5. The number of carbonyl (C=O) groups excluding carboxylic acids is 4. The van der Waals surface area contributed by atoms with Gasteiger partial charge in [-0.2, -0.15) is 0 Å². The smallest absolute Gasteiger partial charge is 0.347 e. The molecule has 2 aromatic heterocycles. The molecule has 0 spiro atoms. The predicted octanol–water partition coefficient (Wildman–Crippen LogP) is 1.26. The fourth-order valence-electron chi connectivity index (χ4n) is 4.39. The molecule has 0 radical (unpaired) electrons. The summed E-state index contributed by atoms with van der Waals surface area (Å²) in [6.07, 6.45) is 0.971. The van der Waals surface area contributed by atoms with E-state index in [2.05, 4.69) is 15.3 Å². The Labute approximate surface area is 294 Å². The quantitative estimate of drug-likeness (QED) is 0.181. The van der Waals surface area contributed by atoms with Crippen LogP contribution in [0.5, 0.6) is 11.5 Å². The van der Waals surface area contributed by atoms with Crippen molar-refractivity contribution >= 4 is 36.2 Å². The van der Waals surface area contributed by atoms with Gasteiger partial charge in [0.05, 0.1) is 39.6 Å². The van der Waals surface area contributed by atoms with E-state index in [0.29, 0.717) is 48.6 Å². The molecule has 18 heteroatoms. The maximum atomic E-state index is 12.1. The minimum atomic E-state index is -0.844. The Balaban J connectivity index is 0.000000407. The van der Waals surface area contributed by atoms with Crippen LogP contribution >= 0.6 is 12.4 Å². The average molecular weight is 731 g/mol. The molecule has 17 nitrogen and oxygen atoms in total. The number of hydrogen-bond acceptors (Lipinski definition) is 14. The summed E-state index contributed by atoms with van der Waals surface area (Å²) < 4.78 is 25.0. The first kappa shape index (κ1) is 43.6. The van der Waals surface area contributed by atoms with Crippen LogP contribution in [0.2, 0.25) is 0 Å². The number of amides is 1. The molecule has 0 fully saturated rings. The van der Waals surface area contributed by atoms with Gasteiger partial charge in [0.2, 0.25) is 0 Å². The highest BCUT2D eigenvalue weighted by Crippen LogP contribution is 2.27. The van der Waals surface area contributed by atoms with E-state index in [-0.39, 0.29) is 56.1 Å². The molecular formula is C32H47ClN4O13. The number of pyridine rings is 2. The molecule has 7 N–H and O–H groups in total. The Kier molecular flexibility index (Phi) is 16.6. The number of nitrogens with one attached hydrogen (secondary N) is 3. The predicted molar refractivity (Wildman–Crippen MR) is 180 cm³/mol. The molecule has 50 heavy (non-hydrogen) atoms. The molecule has 0 aliphatic carbocycles. The number of esters is 3. The van der Waals surface area contributed by atoms with Gasteiger partial charge in [0.15, 0.2) is 5.56 Å². The summed E-state index contributed by atoms with van der Waals surface area (Å²) in [7, 11) is 0. The molecule has 4 heterocycles. The third-order valence-electron chi connectivity index (χ3n) is 6.35. The summed E-state index contributed by atoms with van der Waals surface area (Å²) in [5, 5.41) is 22.3. The van der Waals surface area contributed by atoms with Crippen LogP contribution in [0.3, 0.4) is 0 Å². The van der Waals surface area contributed by atoms with Crippen LogP contribution in [0.1, 0.15) is 91.7 Å². The number of aromatic amines is 2. The van der Waals surface area contributed by atoms with Crippen LogP contribution in [0, 0.1) is 0 Å². The normalized spacial score (nSPS) is 13.3. The van der Waals surface area contributed by atoms with Gasteiger partial charge < -0.3 is 54.9 Å². The third kappa shape index (κ3) is 13.1. The van der Waals surface area contributed by atoms with Gasteiger partial charge in [-0.15, -0.1) is 12.4 Å². The highest BCUT2D eigenvalue weighted by Gasteiger charge is 2.26. The standard InChI is InChI=1S/C15H20N2O6.C11H13NO5.C6H13NO2.ClH/c1-15(2,3)23-10(18)6-16-13(20)11-12(19)8-7-22-5-4-9(8)17-14(11)21;1-2-17-11(15)8-9(13)6-5-16-4-3-7(6)12-10(8)14;1-6(2,3)9-5(8)4-7;/h4-7H2,1-3H3,(H,16,20)(H2,17,19,21);2-5H2,1H3,(H2,12,13,14);4,7H2,1-3H3;1H. The van der Waals surface area contributed by atoms with E-state index in [1.165, 1.54) is 0 Å². The fraction of sp³-hybridized carbons (Fsp3) is 0.562. The van der Waals surface area contributed by atoms with E-state index in [1.54, 1.807) is 48.5 Å². The zero-order valence-corrected chi connectivity index (χ0v) is 30.1. The van der Waals surface area contributed by atoms with Crippen molar-refractivity contribution in [2.75, 3.05) is 32.9 Å². The Hall–Kier alpha value is -4.45. The average Bonchev–Trinajstić information content (AvgIpc) is 2.99. The lowest BCUT2D eigenvalue weighted by atomic mass is 10.0. The number of ether oxygens (including phenoxy) is 5. The van der Waals surface area contributed by atoms with Crippen molar-refractivity contribution < 1.29 is 53.1 Å². The van der Waals surface area contributed by atoms with E-state index in [9.17, 15) is 39.0 Å². The van der Waals surface area contributed by atoms with Crippen molar-refractivity contribution in [3.63, 3.8) is 0 Å². The minimum Gasteiger partial charge on any atom is -0.506 e. The van der Waals surface area contributed by atoms with Crippen LogP contribution in [0.15, 0.2) is 9.59 Å². The van der Waals surface area contributed by atoms with E-state index < -0.39 is 58.0 Å². The molecule has 2 aromatic rings. The number of aromatic nitrogens is 2. The van der Waals surface area contributed by atoms with Gasteiger partial charge in [-0.3, -0.25) is 24.0 Å². The molecule has 1 amide bonds. The van der Waals surface area contributed by atoms with Gasteiger partial charge >= 0.3 is 17.9 Å². The van der Waals surface area contributed by atoms with Crippen molar-refractivity contribution in [1.29, 1.82) is 0 Å². The number of carbonyl (C=O) groups is 4. The van der Waals surface area contributed by atoms with Gasteiger partial charge in [-0.05, 0) is 48.5 Å². The number of hydrogen-bond donors (Lipinski definition) is 6. The van der Waals surface area contributed by atoms with Crippen molar-refractivity contribution in [3.05, 3.63) is 54.3 Å². The van der Waals surface area contributed by atoms with Crippen LogP contribution < -0.4 is 22.2 Å². The summed E-state index contributed by atoms with van der Waals surface area (Å²) in [4.78, 5) is 74.5. The number of nitrogens with two attached hydrogens (primary N) is 1. The van der Waals surface area contributed by atoms with Crippen molar-refractivity contribution in [2.24, 2.45) is 5.73 Å². The molecule has 0 atom stereocenters. The van der Waals surface area contributed by atoms with Gasteiger partial charge in [0.1, 0.15) is 34.8 Å². The number of aromatic hydroxyl groups is 2. The Bertz CT molecular complexity index is 1640. The summed E-state index contributed by atoms with van der Waals surface area (Å²) in [5.74, 6) is -3.40. The van der Waals surface area contributed by atoms with E-state index in [4.69, 9.17) is 29.4 Å². The highest BCUT2D eigenvalue weighted by atomic mass is 35.5. The first-order valence-electron chi connectivity index (χ1n) is 15.5. The molecule has 4 rings (SSSR count). The van der Waals surface area contributed by atoms with Crippen LogP contribution in [0.25, 0.3) is 0 Å². The minimum absolute atomic E-state index is 0. The molecule has 2 aliphatic heterocycles. The number of rotatable bonds is 6. The van der Waals surface area contributed by atoms with Gasteiger partial charge in [0.25, 0.3) is 17.0 Å². The number of H-pyrrole nitrogens is 2. The summed E-state index contributed by atoms with van der Waals surface area (Å²) >= 11 is 0. The highest BCUT2D eigenvalue weighted by molar-refractivity contribution is 5.98. The maximum absolute atomic E-state index is 12.1. The van der Waals surface area contributed by atoms with Crippen molar-refractivity contribution in [3.8, 4) is 11.5 Å². The second kappa shape index (κ2) is 19.1. The van der Waals surface area contributed by atoms with Crippen molar-refractivity contribution in [1.82, 2.24) is 15.3 Å². The Morgan fingerprint density at radius 1 is 0.800 bits per heavy atom. The number of halogens is 1. The summed E-state index contributed by atoms with van der Waals surface area (Å²) in [6, 6.07) is 0. The molecule has 0 saturated carbocycles. The summed E-state index contributed by atoms with van der Waals surface area (Å²) in [5.41, 5.74) is 3.83. The lowest BCUT2D eigenvalue weighted by Crippen LogP contribution is -2.37. The summed E-state index contributed by atoms with van der Waals surface area (Å²) in [6.45, 7) is 13.1. The molecule has 0 aromatic carbocycles. The fourth-order valence-corrected chi connectivity index (χ4v) is 4.39. The topological polar surface area (TPSA) is 259 Å². The molecular weight excluding hydrogens is 684 g/mol. The van der Waals surface area contributed by atoms with Gasteiger partial charge in [0, 0.05) is 35.4 Å². The number of fused-ring (bicyclic) bond motifs is 2. The lowest BCUT2D eigenvalue weighted by Gasteiger charge is -2.20. The van der Waals surface area contributed by atoms with E-state index >= 15 is 0 Å². The SMILES string of the molecule is CC(C)(C)OC(=O)CN.CC(C)(C)OC(=O)CNC(=O)c1c(O)c2c([nH]c1=O)CCOC2.CCOC(=O)c1c(O)c2c([nH]c1=O)CCOC2.Cl. The van der Waals surface area contributed by atoms with Crippen LogP contribution in [-0.4, -0.2) is 88.1 Å². The monoisotopic (exact) mass is 730 g/mol. The van der Waals surface area contributed by atoms with Crippen molar-refractivity contribution in [2.45, 2.75) is 85.7 Å². The molecule has 0 bridgehead atoms.